The van der Waals surface area contributed by atoms with Crippen molar-refractivity contribution >= 4 is 45.9 Å². The van der Waals surface area contributed by atoms with Gasteiger partial charge in [0.15, 0.2) is 11.5 Å². The topological polar surface area (TPSA) is 52.6 Å². The minimum absolute atomic E-state index is 0.0000759. The van der Waals surface area contributed by atoms with E-state index in [9.17, 15) is 9.59 Å². The highest BCUT2D eigenvalue weighted by atomic mass is 35.5. The van der Waals surface area contributed by atoms with E-state index in [0.29, 0.717) is 10.8 Å². The van der Waals surface area contributed by atoms with E-state index in [1.54, 1.807) is 24.3 Å². The van der Waals surface area contributed by atoms with Crippen molar-refractivity contribution in [1.82, 2.24) is 0 Å². The van der Waals surface area contributed by atoms with E-state index < -0.39 is 11.9 Å². The van der Waals surface area contributed by atoms with Crippen molar-refractivity contribution < 1.29 is 19.1 Å². The third-order valence-corrected chi connectivity index (χ3v) is 3.61. The molecular formula is C16H12Cl2O4. The van der Waals surface area contributed by atoms with Gasteiger partial charge >= 0.3 is 11.9 Å². The molecule has 2 rings (SSSR count). The second-order valence-electron chi connectivity index (χ2n) is 4.60. The number of ether oxygens (including phenoxy) is 2. The van der Waals surface area contributed by atoms with Crippen LogP contribution in [-0.4, -0.2) is 11.9 Å². The summed E-state index contributed by atoms with van der Waals surface area (Å²) in [4.78, 5) is 23.0. The Bertz CT molecular complexity index is 796. The van der Waals surface area contributed by atoms with Gasteiger partial charge in [0.1, 0.15) is 10.0 Å². The standard InChI is InChI=1S/C16H12Cl2O4/c1-8(2)16(20)22-15-11-7-5-4-6-10(11)14(21-9(3)19)12(17)13(15)18/h4-7H,1H2,2-3H3. The summed E-state index contributed by atoms with van der Waals surface area (Å²) >= 11 is 12.3. The van der Waals surface area contributed by atoms with Gasteiger partial charge in [-0.2, -0.15) is 0 Å². The van der Waals surface area contributed by atoms with Gasteiger partial charge in [-0.1, -0.05) is 54.0 Å². The fourth-order valence-electron chi connectivity index (χ4n) is 1.84. The lowest BCUT2D eigenvalue weighted by atomic mass is 10.1. The first-order chi connectivity index (χ1) is 10.3. The zero-order valence-corrected chi connectivity index (χ0v) is 13.4. The summed E-state index contributed by atoms with van der Waals surface area (Å²) in [5.41, 5.74) is 0.223. The molecule has 0 aliphatic heterocycles. The highest BCUT2D eigenvalue weighted by molar-refractivity contribution is 6.45. The molecule has 114 valence electrons. The molecule has 22 heavy (non-hydrogen) atoms. The summed E-state index contributed by atoms with van der Waals surface area (Å²) in [6.45, 7) is 6.30. The zero-order valence-electron chi connectivity index (χ0n) is 11.9. The Labute approximate surface area is 137 Å². The lowest BCUT2D eigenvalue weighted by Gasteiger charge is -2.15. The first-order valence-electron chi connectivity index (χ1n) is 6.28. The molecule has 0 heterocycles. The van der Waals surface area contributed by atoms with Crippen LogP contribution in [0, 0.1) is 0 Å². The maximum atomic E-state index is 11.8. The van der Waals surface area contributed by atoms with Crippen LogP contribution in [-0.2, 0) is 9.59 Å². The number of carbonyl (C=O) groups is 2. The molecule has 2 aromatic rings. The number of benzene rings is 2. The van der Waals surface area contributed by atoms with Crippen molar-refractivity contribution in [3.63, 3.8) is 0 Å². The summed E-state index contributed by atoms with van der Waals surface area (Å²) in [5, 5.41) is 1.01. The van der Waals surface area contributed by atoms with E-state index in [-0.39, 0.29) is 27.1 Å². The molecule has 2 aromatic carbocycles. The van der Waals surface area contributed by atoms with Crippen LogP contribution in [0.4, 0.5) is 0 Å². The molecular weight excluding hydrogens is 327 g/mol. The Kier molecular flexibility index (Phi) is 4.74. The van der Waals surface area contributed by atoms with E-state index in [2.05, 4.69) is 6.58 Å². The van der Waals surface area contributed by atoms with Crippen LogP contribution in [0.5, 0.6) is 11.5 Å². The molecule has 0 spiro atoms. The minimum Gasteiger partial charge on any atom is -0.424 e. The number of esters is 2. The van der Waals surface area contributed by atoms with Crippen molar-refractivity contribution in [2.45, 2.75) is 13.8 Å². The fraction of sp³-hybridized carbons (Fsp3) is 0.125. The van der Waals surface area contributed by atoms with E-state index in [1.807, 2.05) is 0 Å². The second kappa shape index (κ2) is 6.38. The SMILES string of the molecule is C=C(C)C(=O)Oc1c(Cl)c(Cl)c(OC(C)=O)c2ccccc12. The van der Waals surface area contributed by atoms with Gasteiger partial charge in [-0.15, -0.1) is 0 Å². The summed E-state index contributed by atoms with van der Waals surface area (Å²) in [6, 6.07) is 6.85. The Morgan fingerprint density at radius 3 is 1.82 bits per heavy atom. The van der Waals surface area contributed by atoms with Gasteiger partial charge in [0.05, 0.1) is 0 Å². The Morgan fingerprint density at radius 1 is 0.955 bits per heavy atom. The van der Waals surface area contributed by atoms with E-state index >= 15 is 0 Å². The molecule has 0 unspecified atom stereocenters. The highest BCUT2D eigenvalue weighted by Gasteiger charge is 2.22. The average Bonchev–Trinajstić information content (AvgIpc) is 2.47. The number of hydrogen-bond donors (Lipinski definition) is 0. The molecule has 0 aromatic heterocycles. The highest BCUT2D eigenvalue weighted by Crippen LogP contribution is 2.46. The van der Waals surface area contributed by atoms with Crippen LogP contribution in [0.1, 0.15) is 13.8 Å². The third-order valence-electron chi connectivity index (χ3n) is 2.80. The molecule has 0 N–H and O–H groups in total. The first-order valence-corrected chi connectivity index (χ1v) is 7.04. The summed E-state index contributed by atoms with van der Waals surface area (Å²) in [6.07, 6.45) is 0. The zero-order chi connectivity index (χ0) is 16.4. The van der Waals surface area contributed by atoms with Gasteiger partial charge in [-0.05, 0) is 6.92 Å². The molecule has 0 atom stereocenters. The lowest BCUT2D eigenvalue weighted by molar-refractivity contribution is -0.132. The average molecular weight is 339 g/mol. The number of hydrogen-bond acceptors (Lipinski definition) is 4. The van der Waals surface area contributed by atoms with Crippen LogP contribution in [0.2, 0.25) is 10.0 Å². The molecule has 0 saturated carbocycles. The molecule has 0 saturated heterocycles. The van der Waals surface area contributed by atoms with Gasteiger partial charge in [-0.3, -0.25) is 4.79 Å². The predicted octanol–water partition coefficient (Wildman–Crippen LogP) is 4.55. The Balaban J connectivity index is 2.73. The smallest absolute Gasteiger partial charge is 0.338 e. The molecule has 0 fully saturated rings. The quantitative estimate of drug-likeness (QED) is 0.468. The van der Waals surface area contributed by atoms with Crippen molar-refractivity contribution in [1.29, 1.82) is 0 Å². The number of rotatable bonds is 3. The van der Waals surface area contributed by atoms with E-state index in [0.717, 1.165) is 0 Å². The van der Waals surface area contributed by atoms with Crippen LogP contribution >= 0.6 is 23.2 Å². The van der Waals surface area contributed by atoms with Crippen molar-refractivity contribution in [2.24, 2.45) is 0 Å². The molecule has 0 amide bonds. The van der Waals surface area contributed by atoms with Crippen molar-refractivity contribution in [2.75, 3.05) is 0 Å². The molecule has 4 nitrogen and oxygen atoms in total. The van der Waals surface area contributed by atoms with Gasteiger partial charge in [0, 0.05) is 23.3 Å². The third kappa shape index (κ3) is 3.08. The second-order valence-corrected chi connectivity index (χ2v) is 5.35. The van der Waals surface area contributed by atoms with Gasteiger partial charge in [-0.25, -0.2) is 4.79 Å². The number of fused-ring (bicyclic) bond motifs is 1. The van der Waals surface area contributed by atoms with Gasteiger partial charge in [0.25, 0.3) is 0 Å². The van der Waals surface area contributed by atoms with E-state index in [4.69, 9.17) is 32.7 Å². The van der Waals surface area contributed by atoms with Crippen molar-refractivity contribution in [3.05, 3.63) is 46.5 Å². The van der Waals surface area contributed by atoms with Crippen LogP contribution < -0.4 is 9.47 Å². The van der Waals surface area contributed by atoms with Crippen LogP contribution in [0.3, 0.4) is 0 Å². The molecule has 0 aliphatic rings. The predicted molar refractivity (Wildman–Crippen MR) is 85.7 cm³/mol. The van der Waals surface area contributed by atoms with Crippen LogP contribution in [0.15, 0.2) is 36.4 Å². The summed E-state index contributed by atoms with van der Waals surface area (Å²) in [7, 11) is 0. The maximum absolute atomic E-state index is 11.8. The minimum atomic E-state index is -0.622. The molecule has 6 heteroatoms. The molecule has 0 aliphatic carbocycles. The Morgan fingerprint density at radius 2 is 1.41 bits per heavy atom. The molecule has 0 bridgehead atoms. The van der Waals surface area contributed by atoms with Gasteiger partial charge in [0.2, 0.25) is 0 Å². The largest absolute Gasteiger partial charge is 0.424 e. The van der Waals surface area contributed by atoms with Gasteiger partial charge < -0.3 is 9.47 Å². The summed E-state index contributed by atoms with van der Waals surface area (Å²) < 4.78 is 10.4. The summed E-state index contributed by atoms with van der Waals surface area (Å²) in [5.74, 6) is -0.922. The lowest BCUT2D eigenvalue weighted by Crippen LogP contribution is -2.10. The maximum Gasteiger partial charge on any atom is 0.338 e. The normalized spacial score (nSPS) is 10.4. The fourth-order valence-corrected chi connectivity index (χ4v) is 2.29. The monoisotopic (exact) mass is 338 g/mol. The van der Waals surface area contributed by atoms with E-state index in [1.165, 1.54) is 13.8 Å². The molecule has 0 radical (unpaired) electrons. The number of carbonyl (C=O) groups excluding carboxylic acids is 2. The Hall–Kier alpha value is -2.04. The van der Waals surface area contributed by atoms with Crippen molar-refractivity contribution in [3.8, 4) is 11.5 Å². The first kappa shape index (κ1) is 16.3. The van der Waals surface area contributed by atoms with Crippen LogP contribution in [0.25, 0.3) is 10.8 Å². The number of halogens is 2.